The van der Waals surface area contributed by atoms with E-state index in [-0.39, 0.29) is 6.17 Å². The topological polar surface area (TPSA) is 75.5 Å². The minimum Gasteiger partial charge on any atom is -0.495 e. The molecule has 3 N–H and O–H groups in total. The first-order valence-electron chi connectivity index (χ1n) is 9.10. The highest BCUT2D eigenvalue weighted by Gasteiger charge is 2.16. The second-order valence-corrected chi connectivity index (χ2v) is 6.94. The lowest BCUT2D eigenvalue weighted by molar-refractivity contribution is 0.415. The molecule has 29 heavy (non-hydrogen) atoms. The van der Waals surface area contributed by atoms with Gasteiger partial charge in [-0.05, 0) is 55.0 Å². The summed E-state index contributed by atoms with van der Waals surface area (Å²) in [6.45, 7) is 2.01. The number of guanidine groups is 1. The van der Waals surface area contributed by atoms with Crippen LogP contribution in [0.5, 0.6) is 5.75 Å². The quantitative estimate of drug-likeness (QED) is 0.588. The fourth-order valence-electron chi connectivity index (χ4n) is 2.91. The van der Waals surface area contributed by atoms with E-state index in [1.807, 2.05) is 66.5 Å². The molecular formula is C21H21ClN6O. The van der Waals surface area contributed by atoms with Gasteiger partial charge in [0.2, 0.25) is 5.96 Å². The summed E-state index contributed by atoms with van der Waals surface area (Å²) in [5.74, 6) is 1.27. The van der Waals surface area contributed by atoms with E-state index in [4.69, 9.17) is 21.3 Å². The van der Waals surface area contributed by atoms with Gasteiger partial charge < -0.3 is 20.7 Å². The highest BCUT2D eigenvalue weighted by molar-refractivity contribution is 6.32. The van der Waals surface area contributed by atoms with E-state index in [9.17, 15) is 0 Å². The predicted molar refractivity (Wildman–Crippen MR) is 117 cm³/mol. The summed E-state index contributed by atoms with van der Waals surface area (Å²) < 4.78 is 7.10. The molecule has 148 valence electrons. The number of aliphatic imine (C=N–C) groups is 1. The SMILES string of the molecule is COc1cc(NC2N=C(Nc3ccc(-n4cccn4)cc3)NC=C2C)ccc1Cl. The summed E-state index contributed by atoms with van der Waals surface area (Å²) in [5.41, 5.74) is 3.84. The number of hydrogen-bond donors (Lipinski definition) is 3. The molecule has 1 aliphatic rings. The summed E-state index contributed by atoms with van der Waals surface area (Å²) in [6, 6.07) is 15.4. The zero-order chi connectivity index (χ0) is 20.2. The number of aromatic nitrogens is 2. The number of nitrogens with zero attached hydrogens (tertiary/aromatic N) is 3. The summed E-state index contributed by atoms with van der Waals surface area (Å²) in [6.07, 6.45) is 5.38. The second kappa shape index (κ2) is 8.28. The molecule has 0 saturated carbocycles. The smallest absolute Gasteiger partial charge is 0.202 e. The van der Waals surface area contributed by atoms with E-state index < -0.39 is 0 Å². The van der Waals surface area contributed by atoms with Gasteiger partial charge >= 0.3 is 0 Å². The monoisotopic (exact) mass is 408 g/mol. The molecule has 1 atom stereocenters. The maximum absolute atomic E-state index is 6.11. The van der Waals surface area contributed by atoms with Crippen LogP contribution in [0.2, 0.25) is 5.02 Å². The standard InChI is InChI=1S/C21H21ClN6O/c1-14-13-23-21(26-15-4-7-17(8-5-15)28-11-3-10-24-28)27-20(14)25-16-6-9-18(22)19(12-16)29-2/h3-13,20,25H,1-2H3,(H2,23,26,27). The first-order chi connectivity index (χ1) is 14.1. The molecule has 1 aliphatic heterocycles. The molecule has 0 saturated heterocycles. The van der Waals surface area contributed by atoms with Crippen LogP contribution < -0.4 is 20.7 Å². The lowest BCUT2D eigenvalue weighted by atomic mass is 10.2. The number of benzene rings is 2. The zero-order valence-corrected chi connectivity index (χ0v) is 16.8. The Morgan fingerprint density at radius 2 is 1.93 bits per heavy atom. The molecule has 2 heterocycles. The van der Waals surface area contributed by atoms with E-state index >= 15 is 0 Å². The molecule has 0 aliphatic carbocycles. The first kappa shape index (κ1) is 18.9. The fraction of sp³-hybridized carbons (Fsp3) is 0.143. The van der Waals surface area contributed by atoms with Crippen molar-refractivity contribution in [1.82, 2.24) is 15.1 Å². The Bertz CT molecular complexity index is 1040. The number of halogens is 1. The van der Waals surface area contributed by atoms with Crippen LogP contribution in [0.3, 0.4) is 0 Å². The van der Waals surface area contributed by atoms with Gasteiger partial charge in [0, 0.05) is 36.0 Å². The largest absolute Gasteiger partial charge is 0.495 e. The average molecular weight is 409 g/mol. The molecule has 1 unspecified atom stereocenters. The van der Waals surface area contributed by atoms with Crippen LogP contribution >= 0.6 is 11.6 Å². The maximum Gasteiger partial charge on any atom is 0.202 e. The van der Waals surface area contributed by atoms with Crippen molar-refractivity contribution in [3.05, 3.63) is 77.7 Å². The summed E-state index contributed by atoms with van der Waals surface area (Å²) in [4.78, 5) is 4.73. The van der Waals surface area contributed by atoms with Crippen molar-refractivity contribution >= 4 is 28.9 Å². The Morgan fingerprint density at radius 3 is 2.66 bits per heavy atom. The number of rotatable bonds is 5. The number of ether oxygens (including phenoxy) is 1. The average Bonchev–Trinajstić information content (AvgIpc) is 3.27. The van der Waals surface area contributed by atoms with Gasteiger partial charge in [-0.25, -0.2) is 9.67 Å². The Morgan fingerprint density at radius 1 is 1.14 bits per heavy atom. The van der Waals surface area contributed by atoms with E-state index in [0.717, 1.165) is 22.6 Å². The van der Waals surface area contributed by atoms with Crippen molar-refractivity contribution in [2.45, 2.75) is 13.1 Å². The van der Waals surface area contributed by atoms with Crippen molar-refractivity contribution < 1.29 is 4.74 Å². The van der Waals surface area contributed by atoms with Crippen molar-refractivity contribution in [2.75, 3.05) is 17.7 Å². The molecule has 0 bridgehead atoms. The highest BCUT2D eigenvalue weighted by atomic mass is 35.5. The molecule has 0 radical (unpaired) electrons. The van der Waals surface area contributed by atoms with Gasteiger partial charge in [0.05, 0.1) is 17.8 Å². The van der Waals surface area contributed by atoms with Crippen molar-refractivity contribution in [2.24, 2.45) is 4.99 Å². The number of methoxy groups -OCH3 is 1. The summed E-state index contributed by atoms with van der Waals surface area (Å²) in [7, 11) is 1.60. The van der Waals surface area contributed by atoms with E-state index in [1.54, 1.807) is 19.4 Å². The number of hydrogen-bond acceptors (Lipinski definition) is 6. The number of nitrogens with one attached hydrogen (secondary N) is 3. The molecule has 0 amide bonds. The Balaban J connectivity index is 1.47. The summed E-state index contributed by atoms with van der Waals surface area (Å²) in [5, 5.41) is 14.7. The van der Waals surface area contributed by atoms with Gasteiger partial charge in [-0.1, -0.05) is 11.6 Å². The van der Waals surface area contributed by atoms with Crippen LogP contribution in [0.25, 0.3) is 5.69 Å². The molecule has 2 aromatic carbocycles. The maximum atomic E-state index is 6.11. The first-order valence-corrected chi connectivity index (χ1v) is 9.48. The minimum atomic E-state index is -0.215. The van der Waals surface area contributed by atoms with Crippen molar-refractivity contribution in [1.29, 1.82) is 0 Å². The third-order valence-corrected chi connectivity index (χ3v) is 4.79. The molecule has 3 aromatic rings. The third kappa shape index (κ3) is 4.35. The molecule has 8 heteroatoms. The van der Waals surface area contributed by atoms with Crippen LogP contribution in [0.1, 0.15) is 6.92 Å². The molecule has 7 nitrogen and oxygen atoms in total. The van der Waals surface area contributed by atoms with E-state index in [1.165, 1.54) is 0 Å². The normalized spacial score (nSPS) is 15.8. The van der Waals surface area contributed by atoms with Gasteiger partial charge in [0.15, 0.2) is 0 Å². The highest BCUT2D eigenvalue weighted by Crippen LogP contribution is 2.28. The van der Waals surface area contributed by atoms with E-state index in [0.29, 0.717) is 16.7 Å². The lowest BCUT2D eigenvalue weighted by Crippen LogP contribution is -2.35. The van der Waals surface area contributed by atoms with Gasteiger partial charge in [0.25, 0.3) is 0 Å². The molecule has 4 rings (SSSR count). The Hall–Kier alpha value is -3.45. The van der Waals surface area contributed by atoms with Crippen LogP contribution in [0, 0.1) is 0 Å². The van der Waals surface area contributed by atoms with Crippen LogP contribution in [0.4, 0.5) is 11.4 Å². The molecule has 1 aromatic heterocycles. The van der Waals surface area contributed by atoms with Crippen molar-refractivity contribution in [3.8, 4) is 11.4 Å². The van der Waals surface area contributed by atoms with Gasteiger partial charge in [-0.15, -0.1) is 0 Å². The van der Waals surface area contributed by atoms with Gasteiger partial charge in [-0.2, -0.15) is 5.10 Å². The van der Waals surface area contributed by atoms with Gasteiger partial charge in [-0.3, -0.25) is 0 Å². The van der Waals surface area contributed by atoms with Crippen LogP contribution in [-0.2, 0) is 0 Å². The number of anilines is 2. The van der Waals surface area contributed by atoms with Gasteiger partial charge in [0.1, 0.15) is 11.9 Å². The Kier molecular flexibility index (Phi) is 5.39. The third-order valence-electron chi connectivity index (χ3n) is 4.48. The molecule has 0 spiro atoms. The molecular weight excluding hydrogens is 388 g/mol. The summed E-state index contributed by atoms with van der Waals surface area (Å²) >= 11 is 6.11. The molecule has 0 fully saturated rings. The van der Waals surface area contributed by atoms with E-state index in [2.05, 4.69) is 21.0 Å². The minimum absolute atomic E-state index is 0.215. The second-order valence-electron chi connectivity index (χ2n) is 6.53. The lowest BCUT2D eigenvalue weighted by Gasteiger charge is -2.24. The van der Waals surface area contributed by atoms with Crippen LogP contribution in [0.15, 0.2) is 77.7 Å². The predicted octanol–water partition coefficient (Wildman–Crippen LogP) is 4.25. The van der Waals surface area contributed by atoms with Crippen LogP contribution in [-0.4, -0.2) is 29.0 Å². The Labute approximate surface area is 174 Å². The van der Waals surface area contributed by atoms with Crippen molar-refractivity contribution in [3.63, 3.8) is 0 Å². The fourth-order valence-corrected chi connectivity index (χ4v) is 3.10. The zero-order valence-electron chi connectivity index (χ0n) is 16.1.